The van der Waals surface area contributed by atoms with E-state index in [1.54, 1.807) is 11.8 Å². The molecular formula is C11H18N2O2S. The second-order valence-corrected chi connectivity index (χ2v) is 5.77. The second kappa shape index (κ2) is 5.19. The third-order valence-corrected chi connectivity index (χ3v) is 3.97. The Balaban J connectivity index is 1.96. The molecule has 1 N–H and O–H groups in total. The number of thioether (sulfide) groups is 1. The molecule has 1 aliphatic heterocycles. The Morgan fingerprint density at radius 1 is 1.50 bits per heavy atom. The van der Waals surface area contributed by atoms with Crippen molar-refractivity contribution in [1.82, 2.24) is 10.1 Å². The topological polar surface area (TPSA) is 59.2 Å². The quantitative estimate of drug-likeness (QED) is 0.873. The molecule has 90 valence electrons. The van der Waals surface area contributed by atoms with Gasteiger partial charge in [-0.05, 0) is 12.3 Å². The van der Waals surface area contributed by atoms with Crippen LogP contribution in [0.5, 0.6) is 0 Å². The van der Waals surface area contributed by atoms with Gasteiger partial charge in [0, 0.05) is 17.9 Å². The van der Waals surface area contributed by atoms with E-state index in [0.717, 1.165) is 30.2 Å². The fourth-order valence-corrected chi connectivity index (χ4v) is 2.94. The van der Waals surface area contributed by atoms with Crippen LogP contribution in [0.1, 0.15) is 37.9 Å². The number of hydrogen-bond acceptors (Lipinski definition) is 5. The van der Waals surface area contributed by atoms with Gasteiger partial charge in [0.2, 0.25) is 5.89 Å². The fourth-order valence-electron chi connectivity index (χ4n) is 1.72. The zero-order chi connectivity index (χ0) is 11.5. The van der Waals surface area contributed by atoms with E-state index in [9.17, 15) is 5.11 Å². The van der Waals surface area contributed by atoms with Gasteiger partial charge in [0.05, 0.1) is 12.0 Å². The zero-order valence-corrected chi connectivity index (χ0v) is 10.5. The summed E-state index contributed by atoms with van der Waals surface area (Å²) in [6, 6.07) is 0. The predicted octanol–water partition coefficient (Wildman–Crippen LogP) is 1.85. The molecule has 1 aromatic heterocycles. The van der Waals surface area contributed by atoms with Crippen molar-refractivity contribution in [1.29, 1.82) is 0 Å². The number of nitrogens with zero attached hydrogens (tertiary/aromatic N) is 2. The third-order valence-electron chi connectivity index (χ3n) is 2.80. The fraction of sp³-hybridized carbons (Fsp3) is 0.818. The van der Waals surface area contributed by atoms with Gasteiger partial charge in [-0.1, -0.05) is 19.0 Å². The van der Waals surface area contributed by atoms with E-state index in [2.05, 4.69) is 24.0 Å². The smallest absolute Gasteiger partial charge is 0.233 e. The van der Waals surface area contributed by atoms with Gasteiger partial charge < -0.3 is 9.63 Å². The number of rotatable bonds is 4. The summed E-state index contributed by atoms with van der Waals surface area (Å²) in [6.45, 7) is 4.36. The molecule has 2 rings (SSSR count). The highest BCUT2D eigenvalue weighted by Gasteiger charge is 2.31. The molecule has 1 fully saturated rings. The number of aryl methyl sites for hydroxylation is 1. The molecule has 2 unspecified atom stereocenters. The van der Waals surface area contributed by atoms with Crippen LogP contribution in [0.4, 0.5) is 0 Å². The van der Waals surface area contributed by atoms with Crippen LogP contribution in [0.15, 0.2) is 4.52 Å². The normalized spacial score (nSPS) is 25.5. The minimum atomic E-state index is -0.330. The Labute approximate surface area is 99.8 Å². The highest BCUT2D eigenvalue weighted by atomic mass is 32.2. The van der Waals surface area contributed by atoms with Crippen LogP contribution in [-0.4, -0.2) is 32.9 Å². The molecule has 0 spiro atoms. The van der Waals surface area contributed by atoms with E-state index in [4.69, 9.17) is 4.52 Å². The molecule has 4 nitrogen and oxygen atoms in total. The van der Waals surface area contributed by atoms with Gasteiger partial charge in [0.15, 0.2) is 5.82 Å². The highest BCUT2D eigenvalue weighted by Crippen LogP contribution is 2.31. The molecule has 1 aliphatic rings. The average molecular weight is 242 g/mol. The molecule has 0 radical (unpaired) electrons. The van der Waals surface area contributed by atoms with Crippen LogP contribution in [0.2, 0.25) is 0 Å². The lowest BCUT2D eigenvalue weighted by Crippen LogP contribution is -2.15. The van der Waals surface area contributed by atoms with Crippen LogP contribution < -0.4 is 0 Å². The molecule has 0 aliphatic carbocycles. The van der Waals surface area contributed by atoms with Crippen molar-refractivity contribution in [2.24, 2.45) is 5.92 Å². The van der Waals surface area contributed by atoms with Gasteiger partial charge in [-0.3, -0.25) is 0 Å². The van der Waals surface area contributed by atoms with Crippen LogP contribution in [0.25, 0.3) is 0 Å². The largest absolute Gasteiger partial charge is 0.391 e. The first kappa shape index (κ1) is 11.9. The van der Waals surface area contributed by atoms with Gasteiger partial charge >= 0.3 is 0 Å². The number of aliphatic hydroxyl groups is 1. The summed E-state index contributed by atoms with van der Waals surface area (Å²) in [6.07, 6.45) is 1.60. The Bertz CT molecular complexity index is 340. The maximum atomic E-state index is 9.72. The standard InChI is InChI=1S/C11H18N2O2S/c1-7(2)3-4-10-12-11(15-13-10)8-5-16-6-9(8)14/h7-9,14H,3-6H2,1-2H3. The summed E-state index contributed by atoms with van der Waals surface area (Å²) in [7, 11) is 0. The molecule has 1 saturated heterocycles. The number of aromatic nitrogens is 2. The van der Waals surface area contributed by atoms with Crippen LogP contribution in [0.3, 0.4) is 0 Å². The van der Waals surface area contributed by atoms with Gasteiger partial charge in [0.25, 0.3) is 0 Å². The monoisotopic (exact) mass is 242 g/mol. The SMILES string of the molecule is CC(C)CCc1noc(C2CSCC2O)n1. The first-order valence-corrected chi connectivity index (χ1v) is 6.90. The van der Waals surface area contributed by atoms with Gasteiger partial charge in [-0.2, -0.15) is 16.7 Å². The minimum Gasteiger partial charge on any atom is -0.391 e. The Kier molecular flexibility index (Phi) is 3.86. The van der Waals surface area contributed by atoms with Crippen molar-refractivity contribution < 1.29 is 9.63 Å². The predicted molar refractivity (Wildman–Crippen MR) is 63.5 cm³/mol. The molecule has 2 atom stereocenters. The summed E-state index contributed by atoms with van der Waals surface area (Å²) >= 11 is 1.73. The van der Waals surface area contributed by atoms with Crippen molar-refractivity contribution in [3.8, 4) is 0 Å². The van der Waals surface area contributed by atoms with Crippen LogP contribution in [-0.2, 0) is 6.42 Å². The average Bonchev–Trinajstić information content (AvgIpc) is 2.83. The molecular weight excluding hydrogens is 224 g/mol. The Hall–Kier alpha value is -0.550. The molecule has 0 amide bonds. The summed E-state index contributed by atoms with van der Waals surface area (Å²) in [5.74, 6) is 3.71. The molecule has 0 bridgehead atoms. The molecule has 1 aromatic rings. The third kappa shape index (κ3) is 2.77. The highest BCUT2D eigenvalue weighted by molar-refractivity contribution is 7.99. The lowest BCUT2D eigenvalue weighted by Gasteiger charge is -2.06. The molecule has 0 saturated carbocycles. The van der Waals surface area contributed by atoms with Crippen molar-refractivity contribution in [3.05, 3.63) is 11.7 Å². The molecule has 16 heavy (non-hydrogen) atoms. The minimum absolute atomic E-state index is 0.0327. The molecule has 0 aromatic carbocycles. The maximum absolute atomic E-state index is 9.72. The summed E-state index contributed by atoms with van der Waals surface area (Å²) in [4.78, 5) is 4.36. The van der Waals surface area contributed by atoms with Gasteiger partial charge in [-0.25, -0.2) is 0 Å². The van der Waals surface area contributed by atoms with Crippen molar-refractivity contribution in [3.63, 3.8) is 0 Å². The van der Waals surface area contributed by atoms with E-state index in [-0.39, 0.29) is 12.0 Å². The summed E-state index contributed by atoms with van der Waals surface area (Å²) < 4.78 is 5.22. The van der Waals surface area contributed by atoms with Crippen molar-refractivity contribution in [2.75, 3.05) is 11.5 Å². The lowest BCUT2D eigenvalue weighted by atomic mass is 10.1. The van der Waals surface area contributed by atoms with Crippen LogP contribution in [0, 0.1) is 5.92 Å². The maximum Gasteiger partial charge on any atom is 0.233 e. The van der Waals surface area contributed by atoms with Crippen molar-refractivity contribution >= 4 is 11.8 Å². The first-order chi connectivity index (χ1) is 7.66. The van der Waals surface area contributed by atoms with Crippen molar-refractivity contribution in [2.45, 2.75) is 38.7 Å². The second-order valence-electron chi connectivity index (χ2n) is 4.69. The zero-order valence-electron chi connectivity index (χ0n) is 9.72. The Morgan fingerprint density at radius 3 is 2.94 bits per heavy atom. The first-order valence-electron chi connectivity index (χ1n) is 5.75. The van der Waals surface area contributed by atoms with Gasteiger partial charge in [-0.15, -0.1) is 0 Å². The van der Waals surface area contributed by atoms with Crippen LogP contribution >= 0.6 is 11.8 Å². The molecule has 2 heterocycles. The van der Waals surface area contributed by atoms with E-state index in [0.29, 0.717) is 11.8 Å². The number of aliphatic hydroxyl groups excluding tert-OH is 1. The molecule has 5 heteroatoms. The summed E-state index contributed by atoms with van der Waals surface area (Å²) in [5, 5.41) is 13.7. The van der Waals surface area contributed by atoms with E-state index < -0.39 is 0 Å². The summed E-state index contributed by atoms with van der Waals surface area (Å²) in [5.41, 5.74) is 0. The number of hydrogen-bond donors (Lipinski definition) is 1. The van der Waals surface area contributed by atoms with E-state index >= 15 is 0 Å². The van der Waals surface area contributed by atoms with E-state index in [1.807, 2.05) is 0 Å². The van der Waals surface area contributed by atoms with E-state index in [1.165, 1.54) is 0 Å². The van der Waals surface area contributed by atoms with Gasteiger partial charge in [0.1, 0.15) is 0 Å². The Morgan fingerprint density at radius 2 is 2.31 bits per heavy atom. The lowest BCUT2D eigenvalue weighted by molar-refractivity contribution is 0.164.